The highest BCUT2D eigenvalue weighted by atomic mass is 16.5. The Morgan fingerprint density at radius 3 is 3.18 bits per heavy atom. The van der Waals surface area contributed by atoms with E-state index in [9.17, 15) is 0 Å². The molecule has 1 atom stereocenters. The van der Waals surface area contributed by atoms with Crippen LogP contribution in [-0.4, -0.2) is 56.4 Å². The lowest BCUT2D eigenvalue weighted by Gasteiger charge is -2.24. The van der Waals surface area contributed by atoms with E-state index in [0.717, 1.165) is 32.1 Å². The molecule has 1 aliphatic heterocycles. The molecule has 0 bridgehead atoms. The molecule has 94 valence electrons. The average Bonchev–Trinajstić information content (AvgIpc) is 2.38. The van der Waals surface area contributed by atoms with Crippen LogP contribution in [0.5, 0.6) is 0 Å². The van der Waals surface area contributed by atoms with Crippen LogP contribution in [0.4, 0.5) is 11.8 Å². The zero-order valence-corrected chi connectivity index (χ0v) is 10.3. The Hall–Kier alpha value is -1.40. The van der Waals surface area contributed by atoms with Gasteiger partial charge in [0.05, 0.1) is 13.2 Å². The molecule has 1 aliphatic rings. The fourth-order valence-electron chi connectivity index (χ4n) is 1.64. The normalized spacial score (nSPS) is 20.0. The largest absolute Gasteiger partial charge is 0.378 e. The van der Waals surface area contributed by atoms with Gasteiger partial charge in [-0.15, -0.1) is 0 Å². The first-order valence-corrected chi connectivity index (χ1v) is 5.81. The van der Waals surface area contributed by atoms with Gasteiger partial charge in [0.25, 0.3) is 0 Å². The van der Waals surface area contributed by atoms with Gasteiger partial charge in [-0.1, -0.05) is 0 Å². The predicted octanol–water partition coefficient (Wildman–Crippen LogP) is -0.0571. The lowest BCUT2D eigenvalue weighted by molar-refractivity contribution is 0.0806. The van der Waals surface area contributed by atoms with E-state index in [-0.39, 0.29) is 0 Å². The molecule has 0 radical (unpaired) electrons. The van der Waals surface area contributed by atoms with E-state index in [0.29, 0.717) is 12.0 Å². The maximum absolute atomic E-state index is 5.39. The van der Waals surface area contributed by atoms with Crippen LogP contribution in [-0.2, 0) is 4.74 Å². The maximum Gasteiger partial charge on any atom is 0.226 e. The molecular formula is C11H19N5O. The van der Waals surface area contributed by atoms with Gasteiger partial charge >= 0.3 is 0 Å². The molecule has 2 rings (SSSR count). The Kier molecular flexibility index (Phi) is 4.11. The zero-order valence-electron chi connectivity index (χ0n) is 10.3. The van der Waals surface area contributed by atoms with Gasteiger partial charge in [0.1, 0.15) is 5.82 Å². The minimum Gasteiger partial charge on any atom is -0.378 e. The Bertz CT molecular complexity index is 351. The third-order valence-corrected chi connectivity index (χ3v) is 2.57. The van der Waals surface area contributed by atoms with Gasteiger partial charge in [-0.05, 0) is 6.07 Å². The van der Waals surface area contributed by atoms with Crippen molar-refractivity contribution in [2.75, 3.05) is 50.6 Å². The van der Waals surface area contributed by atoms with E-state index in [1.165, 1.54) is 0 Å². The molecule has 2 N–H and O–H groups in total. The number of nitrogens with zero attached hydrogens (tertiary/aromatic N) is 3. The summed E-state index contributed by atoms with van der Waals surface area (Å²) in [6.45, 7) is 3.27. The molecule has 0 aliphatic carbocycles. The molecular weight excluding hydrogens is 218 g/mol. The van der Waals surface area contributed by atoms with Crippen LogP contribution in [0.3, 0.4) is 0 Å². The first kappa shape index (κ1) is 12.1. The first-order valence-electron chi connectivity index (χ1n) is 5.81. The number of hydrogen-bond acceptors (Lipinski definition) is 6. The zero-order chi connectivity index (χ0) is 12.1. The topological polar surface area (TPSA) is 62.3 Å². The summed E-state index contributed by atoms with van der Waals surface area (Å²) in [4.78, 5) is 10.4. The number of anilines is 2. The Labute approximate surface area is 101 Å². The summed E-state index contributed by atoms with van der Waals surface area (Å²) in [6.07, 6.45) is 1.76. The number of ether oxygens (including phenoxy) is 1. The summed E-state index contributed by atoms with van der Waals surface area (Å²) in [5, 5.41) is 6.67. The molecule has 6 heteroatoms. The molecule has 0 amide bonds. The second-order valence-corrected chi connectivity index (χ2v) is 4.24. The molecule has 6 nitrogen and oxygen atoms in total. The molecule has 1 fully saturated rings. The van der Waals surface area contributed by atoms with E-state index in [2.05, 4.69) is 20.6 Å². The van der Waals surface area contributed by atoms with E-state index in [1.807, 2.05) is 25.1 Å². The van der Waals surface area contributed by atoms with Gasteiger partial charge in [-0.25, -0.2) is 4.98 Å². The van der Waals surface area contributed by atoms with Crippen molar-refractivity contribution >= 4 is 11.8 Å². The fourth-order valence-corrected chi connectivity index (χ4v) is 1.64. The summed E-state index contributed by atoms with van der Waals surface area (Å²) < 4.78 is 5.39. The van der Waals surface area contributed by atoms with Crippen molar-refractivity contribution in [2.45, 2.75) is 6.04 Å². The number of hydrogen-bond donors (Lipinski definition) is 2. The Balaban J connectivity index is 1.87. The molecule has 17 heavy (non-hydrogen) atoms. The smallest absolute Gasteiger partial charge is 0.226 e. The fraction of sp³-hybridized carbons (Fsp3) is 0.636. The minimum atomic E-state index is 0.349. The van der Waals surface area contributed by atoms with Crippen molar-refractivity contribution in [3.63, 3.8) is 0 Å². The molecule has 1 aromatic heterocycles. The summed E-state index contributed by atoms with van der Waals surface area (Å²) >= 11 is 0. The summed E-state index contributed by atoms with van der Waals surface area (Å²) in [5.74, 6) is 1.55. The van der Waals surface area contributed by atoms with Crippen molar-refractivity contribution in [1.82, 2.24) is 15.3 Å². The van der Waals surface area contributed by atoms with Gasteiger partial charge in [0.15, 0.2) is 0 Å². The highest BCUT2D eigenvalue weighted by Crippen LogP contribution is 2.08. The molecule has 2 heterocycles. The Morgan fingerprint density at radius 2 is 2.47 bits per heavy atom. The van der Waals surface area contributed by atoms with Gasteiger partial charge in [0, 0.05) is 39.4 Å². The quantitative estimate of drug-likeness (QED) is 0.765. The van der Waals surface area contributed by atoms with E-state index >= 15 is 0 Å². The number of morpholine rings is 1. The summed E-state index contributed by atoms with van der Waals surface area (Å²) in [5.41, 5.74) is 0. The SMILES string of the molecule is CN(C)c1nccc(NCC2COCCN2)n1. The monoisotopic (exact) mass is 237 g/mol. The van der Waals surface area contributed by atoms with Crippen LogP contribution in [0.25, 0.3) is 0 Å². The second kappa shape index (κ2) is 5.79. The van der Waals surface area contributed by atoms with Gasteiger partial charge in [0.2, 0.25) is 5.95 Å². The summed E-state index contributed by atoms with van der Waals surface area (Å²) in [6, 6.07) is 2.22. The van der Waals surface area contributed by atoms with E-state index in [1.54, 1.807) is 6.20 Å². The molecule has 0 aromatic carbocycles. The van der Waals surface area contributed by atoms with Crippen molar-refractivity contribution in [2.24, 2.45) is 0 Å². The van der Waals surface area contributed by atoms with Gasteiger partial charge in [-0.3, -0.25) is 0 Å². The second-order valence-electron chi connectivity index (χ2n) is 4.24. The molecule has 0 spiro atoms. The highest BCUT2D eigenvalue weighted by molar-refractivity contribution is 5.40. The van der Waals surface area contributed by atoms with E-state index in [4.69, 9.17) is 4.74 Å². The van der Waals surface area contributed by atoms with Crippen LogP contribution in [0.2, 0.25) is 0 Å². The minimum absolute atomic E-state index is 0.349. The molecule has 0 saturated carbocycles. The number of rotatable bonds is 4. The van der Waals surface area contributed by atoms with Crippen molar-refractivity contribution < 1.29 is 4.74 Å². The van der Waals surface area contributed by atoms with Crippen molar-refractivity contribution in [3.8, 4) is 0 Å². The van der Waals surface area contributed by atoms with Crippen LogP contribution < -0.4 is 15.5 Å². The standard InChI is InChI=1S/C11H19N5O/c1-16(2)11-13-4-3-10(15-11)14-7-9-8-17-6-5-12-9/h3-4,9,12H,5-8H2,1-2H3,(H,13,14,15). The third-order valence-electron chi connectivity index (χ3n) is 2.57. The van der Waals surface area contributed by atoms with Gasteiger partial charge in [-0.2, -0.15) is 4.98 Å². The lowest BCUT2D eigenvalue weighted by Crippen LogP contribution is -2.45. The van der Waals surface area contributed by atoms with Crippen LogP contribution in [0, 0.1) is 0 Å². The number of aromatic nitrogens is 2. The molecule has 1 unspecified atom stereocenters. The first-order chi connectivity index (χ1) is 8.25. The predicted molar refractivity (Wildman–Crippen MR) is 67.5 cm³/mol. The highest BCUT2D eigenvalue weighted by Gasteiger charge is 2.12. The summed E-state index contributed by atoms with van der Waals surface area (Å²) in [7, 11) is 3.85. The third kappa shape index (κ3) is 3.54. The van der Waals surface area contributed by atoms with Crippen molar-refractivity contribution in [3.05, 3.63) is 12.3 Å². The lowest BCUT2D eigenvalue weighted by atomic mass is 10.3. The van der Waals surface area contributed by atoms with Crippen LogP contribution >= 0.6 is 0 Å². The van der Waals surface area contributed by atoms with Gasteiger partial charge < -0.3 is 20.3 Å². The van der Waals surface area contributed by atoms with Crippen LogP contribution in [0.1, 0.15) is 0 Å². The van der Waals surface area contributed by atoms with Crippen LogP contribution in [0.15, 0.2) is 12.3 Å². The molecule has 1 aromatic rings. The van der Waals surface area contributed by atoms with E-state index < -0.39 is 0 Å². The molecule has 1 saturated heterocycles. The average molecular weight is 237 g/mol. The number of nitrogens with one attached hydrogen (secondary N) is 2. The Morgan fingerprint density at radius 1 is 1.59 bits per heavy atom. The van der Waals surface area contributed by atoms with Crippen molar-refractivity contribution in [1.29, 1.82) is 0 Å². The maximum atomic E-state index is 5.39.